The van der Waals surface area contributed by atoms with E-state index >= 15 is 0 Å². The van der Waals surface area contributed by atoms with Gasteiger partial charge >= 0.3 is 0 Å². The summed E-state index contributed by atoms with van der Waals surface area (Å²) in [6.45, 7) is 5.45. The number of carbonyl (C=O) groups excluding carboxylic acids is 1. The molecule has 2 saturated heterocycles. The molecular weight excluding hydrogens is 487 g/mol. The Balaban J connectivity index is 1.38. The molecule has 11 heteroatoms. The monoisotopic (exact) mass is 512 g/mol. The van der Waals surface area contributed by atoms with Gasteiger partial charge in [-0.1, -0.05) is 35.7 Å². The lowest BCUT2D eigenvalue weighted by atomic mass is 10.0. The summed E-state index contributed by atoms with van der Waals surface area (Å²) in [5, 5.41) is 18.5. The Labute approximate surface area is 213 Å². The van der Waals surface area contributed by atoms with Gasteiger partial charge in [0.15, 0.2) is 11.3 Å². The number of fused-ring (bicyclic) bond motifs is 1. The zero-order valence-electron chi connectivity index (χ0n) is 19.4. The molecule has 2 aliphatic heterocycles. The van der Waals surface area contributed by atoms with Crippen LogP contribution in [0.3, 0.4) is 0 Å². The largest absolute Gasteiger partial charge is 0.352 e. The van der Waals surface area contributed by atoms with Crippen LogP contribution in [0.2, 0.25) is 10.0 Å². The molecule has 182 valence electrons. The summed E-state index contributed by atoms with van der Waals surface area (Å²) in [6, 6.07) is 7.08. The van der Waals surface area contributed by atoms with Crippen molar-refractivity contribution in [3.05, 3.63) is 45.7 Å². The quantitative estimate of drug-likeness (QED) is 0.571. The Morgan fingerprint density at radius 2 is 2.03 bits per heavy atom. The minimum atomic E-state index is -0.286. The first-order valence-corrected chi connectivity index (χ1v) is 12.6. The van der Waals surface area contributed by atoms with E-state index < -0.39 is 0 Å². The maximum atomic E-state index is 12.9. The second-order valence-electron chi connectivity index (χ2n) is 8.96. The molecule has 0 radical (unpaired) electrons. The van der Waals surface area contributed by atoms with Gasteiger partial charge in [0.05, 0.1) is 18.3 Å². The fourth-order valence-corrected chi connectivity index (χ4v) is 5.37. The second-order valence-corrected chi connectivity index (χ2v) is 9.81. The zero-order valence-corrected chi connectivity index (χ0v) is 20.9. The van der Waals surface area contributed by atoms with Crippen LogP contribution in [0.25, 0.3) is 11.2 Å². The molecule has 1 amide bonds. The standard InChI is InChI=1S/C24H26Cl2N8O/c1-15(17-6-5-16(25)12-18(17)26)34-23-22(20(13-27)31-34)29-14-21(30-23)32-8-10-33(11-9-32)24(35)19-4-2-3-7-28-19/h5-6,12,14-15,19,28H,2-4,7-11H2,1H3/t15-,19+/m0/s1. The lowest BCUT2D eigenvalue weighted by Crippen LogP contribution is -2.55. The lowest BCUT2D eigenvalue weighted by molar-refractivity contribution is -0.134. The fraction of sp³-hybridized carbons (Fsp3) is 0.458. The van der Waals surface area contributed by atoms with E-state index in [1.54, 1.807) is 23.0 Å². The number of piperidine rings is 1. The highest BCUT2D eigenvalue weighted by atomic mass is 35.5. The molecule has 4 heterocycles. The number of nitrogens with one attached hydrogen (secondary N) is 1. The van der Waals surface area contributed by atoms with Gasteiger partial charge in [-0.05, 0) is 44.0 Å². The molecule has 35 heavy (non-hydrogen) atoms. The number of hydrogen-bond donors (Lipinski definition) is 1. The van der Waals surface area contributed by atoms with Crippen LogP contribution in [0.5, 0.6) is 0 Å². The van der Waals surface area contributed by atoms with Crippen LogP contribution in [0.15, 0.2) is 24.4 Å². The van der Waals surface area contributed by atoms with Crippen molar-refractivity contribution in [3.8, 4) is 6.07 Å². The zero-order chi connectivity index (χ0) is 24.5. The van der Waals surface area contributed by atoms with Gasteiger partial charge in [0, 0.05) is 36.2 Å². The fourth-order valence-electron chi connectivity index (χ4n) is 4.81. The molecule has 0 bridgehead atoms. The smallest absolute Gasteiger partial charge is 0.239 e. The molecule has 0 saturated carbocycles. The Morgan fingerprint density at radius 1 is 1.23 bits per heavy atom. The van der Waals surface area contributed by atoms with Gasteiger partial charge in [-0.15, -0.1) is 0 Å². The van der Waals surface area contributed by atoms with Crippen LogP contribution in [0.4, 0.5) is 5.82 Å². The van der Waals surface area contributed by atoms with Crippen LogP contribution >= 0.6 is 23.2 Å². The molecule has 2 fully saturated rings. The summed E-state index contributed by atoms with van der Waals surface area (Å²) in [7, 11) is 0. The number of hydrogen-bond acceptors (Lipinski definition) is 7. The van der Waals surface area contributed by atoms with Crippen molar-refractivity contribution in [3.63, 3.8) is 0 Å². The first-order chi connectivity index (χ1) is 17.0. The van der Waals surface area contributed by atoms with Gasteiger partial charge in [-0.25, -0.2) is 14.6 Å². The van der Waals surface area contributed by atoms with Crippen LogP contribution in [-0.2, 0) is 4.79 Å². The van der Waals surface area contributed by atoms with Crippen LogP contribution < -0.4 is 10.2 Å². The summed E-state index contributed by atoms with van der Waals surface area (Å²) < 4.78 is 1.69. The predicted octanol–water partition coefficient (Wildman–Crippen LogP) is 3.40. The van der Waals surface area contributed by atoms with Crippen molar-refractivity contribution in [2.75, 3.05) is 37.6 Å². The second kappa shape index (κ2) is 9.97. The molecule has 2 atom stereocenters. The highest BCUT2D eigenvalue weighted by Crippen LogP contribution is 2.31. The first-order valence-electron chi connectivity index (χ1n) is 11.8. The SMILES string of the molecule is C[C@@H](c1ccc(Cl)cc1Cl)n1nc(C#N)c2ncc(N3CCN(C(=O)[C@H]4CCCCN4)CC3)nc21. The van der Waals surface area contributed by atoms with Crippen molar-refractivity contribution in [2.24, 2.45) is 0 Å². The number of benzene rings is 1. The first kappa shape index (κ1) is 23.8. The molecule has 3 aromatic rings. The van der Waals surface area contributed by atoms with E-state index in [1.807, 2.05) is 17.9 Å². The normalized spacial score (nSPS) is 19.5. The molecule has 0 unspecified atom stereocenters. The number of halogens is 2. The van der Waals surface area contributed by atoms with E-state index in [4.69, 9.17) is 28.2 Å². The number of amides is 1. The third-order valence-electron chi connectivity index (χ3n) is 6.80. The molecule has 2 aliphatic rings. The van der Waals surface area contributed by atoms with Crippen molar-refractivity contribution < 1.29 is 4.79 Å². The minimum Gasteiger partial charge on any atom is -0.352 e. The number of nitrogens with zero attached hydrogens (tertiary/aromatic N) is 7. The number of aromatic nitrogens is 4. The maximum Gasteiger partial charge on any atom is 0.239 e. The Hall–Kier alpha value is -2.93. The van der Waals surface area contributed by atoms with Crippen LogP contribution in [-0.4, -0.2) is 69.3 Å². The van der Waals surface area contributed by atoms with Gasteiger partial charge in [0.2, 0.25) is 5.91 Å². The van der Waals surface area contributed by atoms with Gasteiger partial charge in [0.25, 0.3) is 0 Å². The van der Waals surface area contributed by atoms with Gasteiger partial charge in [-0.3, -0.25) is 4.79 Å². The summed E-state index contributed by atoms with van der Waals surface area (Å²) in [4.78, 5) is 26.3. The molecule has 1 aromatic carbocycles. The summed E-state index contributed by atoms with van der Waals surface area (Å²) in [6.07, 6.45) is 4.81. The Morgan fingerprint density at radius 3 is 2.71 bits per heavy atom. The summed E-state index contributed by atoms with van der Waals surface area (Å²) in [5.41, 5.74) is 2.00. The van der Waals surface area contributed by atoms with Gasteiger partial charge in [-0.2, -0.15) is 10.4 Å². The number of carbonyl (C=O) groups is 1. The topological polar surface area (TPSA) is 103 Å². The lowest BCUT2D eigenvalue weighted by Gasteiger charge is -2.37. The van der Waals surface area contributed by atoms with Gasteiger partial charge < -0.3 is 15.1 Å². The molecule has 2 aromatic heterocycles. The summed E-state index contributed by atoms with van der Waals surface area (Å²) in [5.74, 6) is 0.886. The third kappa shape index (κ3) is 4.66. The number of rotatable bonds is 4. The molecule has 5 rings (SSSR count). The average molecular weight is 513 g/mol. The number of piperazine rings is 1. The number of nitriles is 1. The highest BCUT2D eigenvalue weighted by Gasteiger charge is 2.29. The maximum absolute atomic E-state index is 12.9. The van der Waals surface area contributed by atoms with E-state index in [0.29, 0.717) is 53.2 Å². The molecule has 1 N–H and O–H groups in total. The summed E-state index contributed by atoms with van der Waals surface area (Å²) >= 11 is 12.5. The van der Waals surface area contributed by atoms with E-state index in [0.717, 1.165) is 31.4 Å². The van der Waals surface area contributed by atoms with Crippen molar-refractivity contribution in [2.45, 2.75) is 38.3 Å². The molecule has 0 spiro atoms. The van der Waals surface area contributed by atoms with Gasteiger partial charge in [0.1, 0.15) is 17.4 Å². The van der Waals surface area contributed by atoms with Crippen molar-refractivity contribution in [1.29, 1.82) is 5.26 Å². The minimum absolute atomic E-state index is 0.0635. The molecule has 9 nitrogen and oxygen atoms in total. The van der Waals surface area contributed by atoms with E-state index in [2.05, 4.69) is 26.4 Å². The third-order valence-corrected chi connectivity index (χ3v) is 7.36. The van der Waals surface area contributed by atoms with E-state index in [-0.39, 0.29) is 23.7 Å². The van der Waals surface area contributed by atoms with Crippen LogP contribution in [0.1, 0.15) is 43.5 Å². The molecule has 0 aliphatic carbocycles. The van der Waals surface area contributed by atoms with E-state index in [9.17, 15) is 10.1 Å². The Kier molecular flexibility index (Phi) is 6.78. The average Bonchev–Trinajstić information content (AvgIpc) is 3.26. The van der Waals surface area contributed by atoms with Crippen LogP contribution in [0, 0.1) is 11.3 Å². The van der Waals surface area contributed by atoms with Crippen molar-refractivity contribution in [1.82, 2.24) is 30.0 Å². The highest BCUT2D eigenvalue weighted by molar-refractivity contribution is 6.35. The van der Waals surface area contributed by atoms with Crippen molar-refractivity contribution >= 4 is 46.1 Å². The number of anilines is 1. The van der Waals surface area contributed by atoms with E-state index in [1.165, 1.54) is 0 Å². The predicted molar refractivity (Wildman–Crippen MR) is 135 cm³/mol. The Bertz CT molecular complexity index is 1290. The molecular formula is C24H26Cl2N8O.